The lowest BCUT2D eigenvalue weighted by Gasteiger charge is -2.08. The number of ether oxygens (including phenoxy) is 1. The van der Waals surface area contributed by atoms with Crippen LogP contribution in [0.25, 0.3) is 21.6 Å². The molecule has 0 bridgehead atoms. The van der Waals surface area contributed by atoms with Crippen molar-refractivity contribution in [1.29, 1.82) is 0 Å². The van der Waals surface area contributed by atoms with Gasteiger partial charge in [-0.15, -0.1) is 11.3 Å². The van der Waals surface area contributed by atoms with Crippen LogP contribution in [0, 0.1) is 6.92 Å². The Kier molecular flexibility index (Phi) is 5.31. The molecule has 2 heterocycles. The van der Waals surface area contributed by atoms with Crippen molar-refractivity contribution >= 4 is 11.3 Å². The van der Waals surface area contributed by atoms with Gasteiger partial charge in [0.15, 0.2) is 0 Å². The Labute approximate surface area is 150 Å². The fourth-order valence-corrected chi connectivity index (χ4v) is 3.48. The van der Waals surface area contributed by atoms with Gasteiger partial charge in [0, 0.05) is 11.1 Å². The van der Waals surface area contributed by atoms with Crippen molar-refractivity contribution in [3.8, 4) is 27.3 Å². The quantitative estimate of drug-likeness (QED) is 0.705. The van der Waals surface area contributed by atoms with Gasteiger partial charge in [-0.2, -0.15) is 0 Å². The van der Waals surface area contributed by atoms with E-state index in [0.717, 1.165) is 21.6 Å². The number of benzene rings is 1. The van der Waals surface area contributed by atoms with Gasteiger partial charge in [-0.1, -0.05) is 42.5 Å². The molecular formula is C21H19NO2S. The fraction of sp³-hybridized carbons (Fsp3) is 0.0952. The summed E-state index contributed by atoms with van der Waals surface area (Å²) in [5.74, 6) is 0.581. The van der Waals surface area contributed by atoms with Crippen molar-refractivity contribution in [2.24, 2.45) is 0 Å². The average molecular weight is 349 g/mol. The van der Waals surface area contributed by atoms with Crippen LogP contribution < -0.4 is 10.3 Å². The minimum Gasteiger partial charge on any atom is -0.496 e. The number of aromatic nitrogens is 1. The van der Waals surface area contributed by atoms with Gasteiger partial charge in [-0.25, -0.2) is 0 Å². The maximum atomic E-state index is 12.7. The molecule has 2 aromatic heterocycles. The van der Waals surface area contributed by atoms with Crippen molar-refractivity contribution < 1.29 is 4.74 Å². The van der Waals surface area contributed by atoms with E-state index in [0.29, 0.717) is 11.3 Å². The highest BCUT2D eigenvalue weighted by molar-refractivity contribution is 7.13. The van der Waals surface area contributed by atoms with Crippen molar-refractivity contribution in [1.82, 2.24) is 4.98 Å². The summed E-state index contributed by atoms with van der Waals surface area (Å²) in [7, 11) is 1.60. The van der Waals surface area contributed by atoms with Gasteiger partial charge in [0.2, 0.25) is 0 Å². The first-order valence-corrected chi connectivity index (χ1v) is 8.82. The molecule has 3 aromatic rings. The summed E-state index contributed by atoms with van der Waals surface area (Å²) < 4.78 is 5.63. The molecular weight excluding hydrogens is 330 g/mol. The second kappa shape index (κ2) is 7.81. The van der Waals surface area contributed by atoms with Gasteiger partial charge in [0.05, 0.1) is 12.7 Å². The third-order valence-electron chi connectivity index (χ3n) is 3.85. The monoisotopic (exact) mass is 349 g/mol. The molecule has 0 unspecified atom stereocenters. The minimum atomic E-state index is -0.181. The van der Waals surface area contributed by atoms with E-state index < -0.39 is 0 Å². The summed E-state index contributed by atoms with van der Waals surface area (Å²) >= 11 is 1.51. The van der Waals surface area contributed by atoms with Gasteiger partial charge in [-0.3, -0.25) is 4.79 Å². The van der Waals surface area contributed by atoms with E-state index in [1.807, 2.05) is 60.8 Å². The summed E-state index contributed by atoms with van der Waals surface area (Å²) in [6, 6.07) is 19.8. The molecule has 3 rings (SSSR count). The first-order chi connectivity index (χ1) is 12.2. The van der Waals surface area contributed by atoms with Crippen molar-refractivity contribution in [2.45, 2.75) is 6.92 Å². The zero-order chi connectivity index (χ0) is 17.6. The van der Waals surface area contributed by atoms with E-state index >= 15 is 0 Å². The maximum Gasteiger partial charge on any atom is 0.260 e. The van der Waals surface area contributed by atoms with Crippen LogP contribution in [0.1, 0.15) is 5.56 Å². The highest BCUT2D eigenvalue weighted by Gasteiger charge is 2.12. The number of aryl methyl sites for hydroxylation is 1. The number of hydrogen-bond acceptors (Lipinski definition) is 3. The van der Waals surface area contributed by atoms with Gasteiger partial charge >= 0.3 is 0 Å². The molecule has 0 atom stereocenters. The lowest BCUT2D eigenvalue weighted by atomic mass is 10.0. The lowest BCUT2D eigenvalue weighted by Crippen LogP contribution is -2.07. The van der Waals surface area contributed by atoms with Crippen LogP contribution in [-0.4, -0.2) is 12.1 Å². The standard InChI is InChI=1S/C21H19NO2S/c1-15-14-17(16-8-4-3-5-9-16)10-6-12-22-21(23)19(20(15)24-2)18-11-7-13-25-18/h3-14H,1-2H3,(H,22,23). The molecule has 126 valence electrons. The van der Waals surface area contributed by atoms with E-state index in [1.54, 1.807) is 13.3 Å². The molecule has 0 amide bonds. The van der Waals surface area contributed by atoms with Crippen LogP contribution in [0.2, 0.25) is 0 Å². The average Bonchev–Trinajstić information content (AvgIpc) is 3.16. The Morgan fingerprint density at radius 2 is 1.72 bits per heavy atom. The number of nitrogens with one attached hydrogen (secondary N) is 1. The lowest BCUT2D eigenvalue weighted by molar-refractivity contribution is 0.413. The predicted octanol–water partition coefficient (Wildman–Crippen LogP) is 5.21. The summed E-state index contributed by atoms with van der Waals surface area (Å²) in [5.41, 5.74) is 3.41. The molecule has 0 aliphatic rings. The van der Waals surface area contributed by atoms with Gasteiger partial charge in [0.25, 0.3) is 5.56 Å². The summed E-state index contributed by atoms with van der Waals surface area (Å²) in [4.78, 5) is 16.4. The number of H-pyrrole nitrogens is 1. The van der Waals surface area contributed by atoms with E-state index in [-0.39, 0.29) is 5.56 Å². The van der Waals surface area contributed by atoms with Crippen LogP contribution in [0.3, 0.4) is 0 Å². The van der Waals surface area contributed by atoms with E-state index in [9.17, 15) is 4.79 Å². The van der Waals surface area contributed by atoms with Crippen LogP contribution >= 0.6 is 11.3 Å². The van der Waals surface area contributed by atoms with Crippen LogP contribution in [0.5, 0.6) is 5.75 Å². The highest BCUT2D eigenvalue weighted by Crippen LogP contribution is 2.32. The second-order valence-corrected chi connectivity index (χ2v) is 6.48. The smallest absolute Gasteiger partial charge is 0.260 e. The number of rotatable bonds is 3. The third kappa shape index (κ3) is 3.80. The van der Waals surface area contributed by atoms with E-state index in [2.05, 4.69) is 17.1 Å². The number of methoxy groups -OCH3 is 1. The molecule has 3 nitrogen and oxygen atoms in total. The number of thiophene rings is 1. The van der Waals surface area contributed by atoms with Gasteiger partial charge < -0.3 is 9.72 Å². The summed E-state index contributed by atoms with van der Waals surface area (Å²) in [5, 5.41) is 1.95. The highest BCUT2D eigenvalue weighted by atomic mass is 32.1. The third-order valence-corrected chi connectivity index (χ3v) is 4.74. The van der Waals surface area contributed by atoms with Crippen LogP contribution in [-0.2, 0) is 0 Å². The Bertz CT molecular complexity index is 959. The van der Waals surface area contributed by atoms with Crippen molar-refractivity contribution in [3.05, 3.63) is 88.2 Å². The van der Waals surface area contributed by atoms with Crippen LogP contribution in [0.15, 0.2) is 77.0 Å². The second-order valence-electron chi connectivity index (χ2n) is 5.53. The zero-order valence-corrected chi connectivity index (χ0v) is 15.0. The largest absolute Gasteiger partial charge is 0.496 e. The topological polar surface area (TPSA) is 42.1 Å². The number of aromatic amines is 1. The Balaban J connectivity index is 2.36. The minimum absolute atomic E-state index is 0.181. The first-order valence-electron chi connectivity index (χ1n) is 7.94. The molecule has 4 heteroatoms. The fourth-order valence-electron chi connectivity index (χ4n) is 2.71. The van der Waals surface area contributed by atoms with Gasteiger partial charge in [-0.05, 0) is 47.2 Å². The van der Waals surface area contributed by atoms with E-state index in [1.165, 1.54) is 11.3 Å². The van der Waals surface area contributed by atoms with Gasteiger partial charge in [0.1, 0.15) is 5.75 Å². The Morgan fingerprint density at radius 1 is 0.960 bits per heavy atom. The van der Waals surface area contributed by atoms with E-state index in [4.69, 9.17) is 4.74 Å². The molecule has 1 N–H and O–H groups in total. The maximum absolute atomic E-state index is 12.7. The van der Waals surface area contributed by atoms with Crippen molar-refractivity contribution in [3.63, 3.8) is 0 Å². The Morgan fingerprint density at radius 3 is 2.40 bits per heavy atom. The first kappa shape index (κ1) is 17.0. The zero-order valence-electron chi connectivity index (χ0n) is 14.2. The summed E-state index contributed by atoms with van der Waals surface area (Å²) in [6.45, 7) is 1.96. The predicted molar refractivity (Wildman–Crippen MR) is 105 cm³/mol. The Hall–Kier alpha value is -2.85. The van der Waals surface area contributed by atoms with Crippen molar-refractivity contribution in [2.75, 3.05) is 7.11 Å². The molecule has 25 heavy (non-hydrogen) atoms. The molecule has 0 aliphatic carbocycles. The molecule has 0 saturated carbocycles. The SMILES string of the molecule is COc1c(C)cc(-c2ccccc2)ccc[nH]c(=O)c1-c1cccs1. The molecule has 0 radical (unpaired) electrons. The molecule has 0 saturated heterocycles. The molecule has 0 aliphatic heterocycles. The normalized spacial score (nSPS) is 10.2. The van der Waals surface area contributed by atoms with Crippen LogP contribution in [0.4, 0.5) is 0 Å². The number of hydrogen-bond donors (Lipinski definition) is 1. The molecule has 1 aromatic carbocycles. The molecule has 0 spiro atoms. The molecule has 0 fully saturated rings. The summed E-state index contributed by atoms with van der Waals surface area (Å²) in [6.07, 6.45) is 1.65.